The molecular weight excluding hydrogens is 390 g/mol. The van der Waals surface area contributed by atoms with Gasteiger partial charge in [0.1, 0.15) is 5.75 Å². The molecule has 2 rings (SSSR count). The number of rotatable bonds is 7. The van der Waals surface area contributed by atoms with Crippen LogP contribution >= 0.6 is 11.6 Å². The number of carbonyl (C=O) groups excluding carboxylic acids is 2. The maximum Gasteiger partial charge on any atom is 0.282 e. The second-order valence-electron chi connectivity index (χ2n) is 7.40. The van der Waals surface area contributed by atoms with Crippen LogP contribution in [0.15, 0.2) is 30.3 Å². The van der Waals surface area contributed by atoms with Gasteiger partial charge >= 0.3 is 0 Å². The smallest absolute Gasteiger partial charge is 0.282 e. The average Bonchev–Trinajstić information content (AvgIpc) is 2.64. The number of hydrogen-bond donors (Lipinski definition) is 3. The zero-order chi connectivity index (χ0) is 21.7. The van der Waals surface area contributed by atoms with Crippen LogP contribution in [0.2, 0.25) is 5.02 Å². The van der Waals surface area contributed by atoms with Crippen LogP contribution in [0.3, 0.4) is 0 Å². The van der Waals surface area contributed by atoms with Crippen molar-refractivity contribution in [1.29, 1.82) is 0 Å². The van der Waals surface area contributed by atoms with E-state index in [-0.39, 0.29) is 18.4 Å². The van der Waals surface area contributed by atoms with E-state index in [2.05, 4.69) is 10.6 Å². The van der Waals surface area contributed by atoms with Crippen molar-refractivity contribution in [3.8, 4) is 5.75 Å². The van der Waals surface area contributed by atoms with Crippen LogP contribution in [0.25, 0.3) is 0 Å². The Morgan fingerprint density at radius 3 is 2.31 bits per heavy atom. The topological polar surface area (TPSA) is 71.9 Å². The molecule has 7 heteroatoms. The summed E-state index contributed by atoms with van der Waals surface area (Å²) in [5.41, 5.74) is 4.52. The number of amides is 2. The average molecular weight is 419 g/mol. The highest BCUT2D eigenvalue weighted by Crippen LogP contribution is 2.27. The highest BCUT2D eigenvalue weighted by Gasteiger charge is 2.25. The van der Waals surface area contributed by atoms with Gasteiger partial charge in [0, 0.05) is 10.7 Å². The Hall–Kier alpha value is -2.57. The van der Waals surface area contributed by atoms with Gasteiger partial charge in [-0.2, -0.15) is 0 Å². The van der Waals surface area contributed by atoms with Crippen LogP contribution in [-0.2, 0) is 9.59 Å². The maximum absolute atomic E-state index is 12.7. The van der Waals surface area contributed by atoms with Gasteiger partial charge in [-0.3, -0.25) is 9.59 Å². The van der Waals surface area contributed by atoms with E-state index in [1.54, 1.807) is 25.1 Å². The number of likely N-dealkylation sites (N-methyl/N-ethyl adjacent to an activating group) is 1. The minimum Gasteiger partial charge on any atom is -0.495 e. The van der Waals surface area contributed by atoms with Crippen LogP contribution in [0.4, 0.5) is 11.4 Å². The SMILES string of the molecule is COc1ccc(Cl)cc1NC(=O)[C@H](C)[NH+](C)CC(=O)Nc1c(C)cc(C)cc1C. The Bertz CT molecular complexity index is 891. The predicted octanol–water partition coefficient (Wildman–Crippen LogP) is 2.75. The molecule has 2 aromatic rings. The van der Waals surface area contributed by atoms with Gasteiger partial charge in [-0.05, 0) is 57.0 Å². The van der Waals surface area contributed by atoms with Gasteiger partial charge in [-0.15, -0.1) is 0 Å². The lowest BCUT2D eigenvalue weighted by Gasteiger charge is -2.22. The first-order chi connectivity index (χ1) is 13.6. The van der Waals surface area contributed by atoms with Gasteiger partial charge in [0.15, 0.2) is 12.6 Å². The molecular formula is C22H29ClN3O3+. The van der Waals surface area contributed by atoms with Crippen molar-refractivity contribution in [3.05, 3.63) is 52.0 Å². The molecule has 0 radical (unpaired) electrons. The van der Waals surface area contributed by atoms with Gasteiger partial charge in [0.05, 0.1) is 19.8 Å². The summed E-state index contributed by atoms with van der Waals surface area (Å²) >= 11 is 6.02. The minimum atomic E-state index is -0.454. The number of benzene rings is 2. The van der Waals surface area contributed by atoms with E-state index in [1.807, 2.05) is 40.0 Å². The van der Waals surface area contributed by atoms with Gasteiger partial charge in [-0.1, -0.05) is 29.3 Å². The fourth-order valence-electron chi connectivity index (χ4n) is 3.21. The lowest BCUT2D eigenvalue weighted by atomic mass is 10.1. The summed E-state index contributed by atoms with van der Waals surface area (Å²) < 4.78 is 5.26. The van der Waals surface area contributed by atoms with Gasteiger partial charge in [-0.25, -0.2) is 0 Å². The van der Waals surface area contributed by atoms with Crippen LogP contribution in [-0.4, -0.2) is 38.6 Å². The molecule has 0 fully saturated rings. The third-order valence-electron chi connectivity index (χ3n) is 4.93. The Balaban J connectivity index is 2.01. The molecule has 0 aliphatic heterocycles. The molecule has 156 valence electrons. The number of quaternary nitrogens is 1. The van der Waals surface area contributed by atoms with Gasteiger partial charge in [0.2, 0.25) is 0 Å². The van der Waals surface area contributed by atoms with Gasteiger partial charge < -0.3 is 20.3 Å². The molecule has 0 bridgehead atoms. The molecule has 1 unspecified atom stereocenters. The second kappa shape index (κ2) is 9.76. The van der Waals surface area contributed by atoms with Crippen LogP contribution in [0.5, 0.6) is 5.75 Å². The van der Waals surface area contributed by atoms with Crippen LogP contribution in [0, 0.1) is 20.8 Å². The Kier molecular flexibility index (Phi) is 7.65. The molecule has 29 heavy (non-hydrogen) atoms. The molecule has 2 amide bonds. The maximum atomic E-state index is 12.7. The molecule has 0 aliphatic rings. The number of ether oxygens (including phenoxy) is 1. The van der Waals surface area contributed by atoms with E-state index >= 15 is 0 Å². The lowest BCUT2D eigenvalue weighted by Crippen LogP contribution is -3.14. The first kappa shape index (κ1) is 22.7. The third-order valence-corrected chi connectivity index (χ3v) is 5.17. The monoisotopic (exact) mass is 418 g/mol. The predicted molar refractivity (Wildman–Crippen MR) is 117 cm³/mol. The first-order valence-corrected chi connectivity index (χ1v) is 9.84. The summed E-state index contributed by atoms with van der Waals surface area (Å²) in [7, 11) is 3.34. The van der Waals surface area contributed by atoms with Crippen molar-refractivity contribution in [1.82, 2.24) is 0 Å². The summed E-state index contributed by atoms with van der Waals surface area (Å²) in [6.45, 7) is 7.91. The summed E-state index contributed by atoms with van der Waals surface area (Å²) in [5.74, 6) is 0.159. The minimum absolute atomic E-state index is 0.141. The van der Waals surface area contributed by atoms with Crippen molar-refractivity contribution in [2.24, 2.45) is 0 Å². The largest absolute Gasteiger partial charge is 0.495 e. The van der Waals surface area contributed by atoms with Crippen molar-refractivity contribution in [2.45, 2.75) is 33.7 Å². The summed E-state index contributed by atoms with van der Waals surface area (Å²) in [5, 5.41) is 6.30. The van der Waals surface area contributed by atoms with Crippen LogP contribution < -0.4 is 20.3 Å². The Morgan fingerprint density at radius 2 is 1.72 bits per heavy atom. The molecule has 0 spiro atoms. The quantitative estimate of drug-likeness (QED) is 0.647. The van der Waals surface area contributed by atoms with Crippen LogP contribution in [0.1, 0.15) is 23.6 Å². The molecule has 0 saturated carbocycles. The van der Waals surface area contributed by atoms with E-state index in [4.69, 9.17) is 16.3 Å². The highest BCUT2D eigenvalue weighted by atomic mass is 35.5. The molecule has 0 aromatic heterocycles. The number of hydrogen-bond acceptors (Lipinski definition) is 3. The number of halogens is 1. The molecule has 0 heterocycles. The molecule has 2 aromatic carbocycles. The zero-order valence-electron chi connectivity index (χ0n) is 17.8. The number of nitrogens with one attached hydrogen (secondary N) is 3. The van der Waals surface area contributed by atoms with Crippen molar-refractivity contribution in [2.75, 3.05) is 31.3 Å². The third kappa shape index (κ3) is 5.95. The normalized spacial score (nSPS) is 12.8. The van der Waals surface area contributed by atoms with Crippen molar-refractivity contribution >= 4 is 34.8 Å². The number of aryl methyl sites for hydroxylation is 3. The van der Waals surface area contributed by atoms with Crippen molar-refractivity contribution < 1.29 is 19.2 Å². The fourth-order valence-corrected chi connectivity index (χ4v) is 3.38. The number of anilines is 2. The summed E-state index contributed by atoms with van der Waals surface area (Å²) in [6.07, 6.45) is 0. The van der Waals surface area contributed by atoms with E-state index in [9.17, 15) is 9.59 Å². The Morgan fingerprint density at radius 1 is 1.10 bits per heavy atom. The first-order valence-electron chi connectivity index (χ1n) is 9.46. The summed E-state index contributed by atoms with van der Waals surface area (Å²) in [4.78, 5) is 26.0. The van der Waals surface area contributed by atoms with E-state index in [0.717, 1.165) is 27.3 Å². The van der Waals surface area contributed by atoms with E-state index < -0.39 is 6.04 Å². The summed E-state index contributed by atoms with van der Waals surface area (Å²) in [6, 6.07) is 8.64. The number of methoxy groups -OCH3 is 1. The molecule has 3 N–H and O–H groups in total. The molecule has 6 nitrogen and oxygen atoms in total. The van der Waals surface area contributed by atoms with E-state index in [1.165, 1.54) is 7.11 Å². The molecule has 0 aliphatic carbocycles. The highest BCUT2D eigenvalue weighted by molar-refractivity contribution is 6.31. The standard InChI is InChI=1S/C22H28ClN3O3/c1-13-9-14(2)21(15(3)10-13)25-20(27)12-26(5)16(4)22(28)24-18-11-17(23)7-8-19(18)29-6/h7-11,16H,12H2,1-6H3,(H,24,28)(H,25,27)/p+1/t16-/m0/s1. The van der Waals surface area contributed by atoms with Gasteiger partial charge in [0.25, 0.3) is 11.8 Å². The zero-order valence-corrected chi connectivity index (χ0v) is 18.5. The lowest BCUT2D eigenvalue weighted by molar-refractivity contribution is -0.885. The fraction of sp³-hybridized carbons (Fsp3) is 0.364. The Labute approximate surface area is 177 Å². The molecule has 2 atom stereocenters. The van der Waals surface area contributed by atoms with E-state index in [0.29, 0.717) is 16.5 Å². The second-order valence-corrected chi connectivity index (χ2v) is 7.84. The number of carbonyl (C=O) groups is 2. The van der Waals surface area contributed by atoms with Crippen molar-refractivity contribution in [3.63, 3.8) is 0 Å². The molecule has 0 saturated heterocycles.